The Bertz CT molecular complexity index is 882. The lowest BCUT2D eigenvalue weighted by Crippen LogP contribution is -2.49. The largest absolute Gasteiger partial charge is 0.480 e. The van der Waals surface area contributed by atoms with Crippen LogP contribution < -0.4 is 15.4 Å². The number of carbonyl (C=O) groups excluding carboxylic acids is 2. The number of rotatable bonds is 5. The van der Waals surface area contributed by atoms with E-state index < -0.39 is 6.10 Å². The van der Waals surface area contributed by atoms with E-state index in [0.29, 0.717) is 18.0 Å². The van der Waals surface area contributed by atoms with Crippen molar-refractivity contribution in [3.8, 4) is 5.75 Å². The van der Waals surface area contributed by atoms with Crippen molar-refractivity contribution in [1.82, 2.24) is 10.2 Å². The fourth-order valence-corrected chi connectivity index (χ4v) is 4.01. The summed E-state index contributed by atoms with van der Waals surface area (Å²) in [6, 6.07) is 15.0. The van der Waals surface area contributed by atoms with Crippen molar-refractivity contribution in [2.75, 3.05) is 25.0 Å². The molecule has 1 saturated heterocycles. The molecule has 0 saturated carbocycles. The average molecular weight is 414 g/mol. The predicted molar refractivity (Wildman–Crippen MR) is 112 cm³/mol. The fourth-order valence-electron chi connectivity index (χ4n) is 3.82. The van der Waals surface area contributed by atoms with E-state index in [0.717, 1.165) is 42.9 Å². The quantitative estimate of drug-likeness (QED) is 0.790. The number of hydrogen-bond donors (Lipinski definition) is 2. The molecule has 0 aliphatic carbocycles. The van der Waals surface area contributed by atoms with Crippen LogP contribution in [-0.2, 0) is 16.0 Å². The third-order valence-corrected chi connectivity index (χ3v) is 5.58. The lowest BCUT2D eigenvalue weighted by Gasteiger charge is -2.32. The van der Waals surface area contributed by atoms with Crippen LogP contribution in [0, 0.1) is 0 Å². The van der Waals surface area contributed by atoms with Gasteiger partial charge in [-0.25, -0.2) is 0 Å². The molecule has 2 aromatic carbocycles. The molecule has 1 unspecified atom stereocenters. The summed E-state index contributed by atoms with van der Waals surface area (Å²) in [6.45, 7) is 1.90. The molecule has 0 radical (unpaired) electrons. The minimum atomic E-state index is -0.502. The SMILES string of the molecule is O=C(CN1CCC(NC(=O)C2Cc3cc(Cl)ccc3O2)CC1)Nc1ccccc1. The van der Waals surface area contributed by atoms with Crippen LogP contribution in [0.15, 0.2) is 48.5 Å². The van der Waals surface area contributed by atoms with E-state index in [-0.39, 0.29) is 17.9 Å². The predicted octanol–water partition coefficient (Wildman–Crippen LogP) is 2.86. The molecule has 2 heterocycles. The van der Waals surface area contributed by atoms with Crippen LogP contribution >= 0.6 is 11.6 Å². The van der Waals surface area contributed by atoms with Crippen molar-refractivity contribution in [2.45, 2.75) is 31.4 Å². The van der Waals surface area contributed by atoms with Gasteiger partial charge in [0, 0.05) is 36.3 Å². The number of piperidine rings is 1. The Labute approximate surface area is 175 Å². The third kappa shape index (κ3) is 5.08. The van der Waals surface area contributed by atoms with Crippen molar-refractivity contribution in [1.29, 1.82) is 0 Å². The highest BCUT2D eigenvalue weighted by molar-refractivity contribution is 6.30. The van der Waals surface area contributed by atoms with Crippen molar-refractivity contribution in [2.24, 2.45) is 0 Å². The van der Waals surface area contributed by atoms with Crippen LogP contribution in [0.1, 0.15) is 18.4 Å². The maximum atomic E-state index is 12.6. The second kappa shape index (κ2) is 8.84. The van der Waals surface area contributed by atoms with Crippen molar-refractivity contribution >= 4 is 29.1 Å². The molecule has 6 nitrogen and oxygen atoms in total. The first-order valence-corrected chi connectivity index (χ1v) is 10.3. The van der Waals surface area contributed by atoms with Gasteiger partial charge in [-0.3, -0.25) is 14.5 Å². The molecule has 2 aromatic rings. The van der Waals surface area contributed by atoms with Crippen molar-refractivity contribution in [3.05, 3.63) is 59.1 Å². The molecule has 2 N–H and O–H groups in total. The highest BCUT2D eigenvalue weighted by Gasteiger charge is 2.31. The van der Waals surface area contributed by atoms with Gasteiger partial charge in [0.2, 0.25) is 5.91 Å². The Morgan fingerprint density at radius 1 is 1.10 bits per heavy atom. The lowest BCUT2D eigenvalue weighted by atomic mass is 10.0. The van der Waals surface area contributed by atoms with Gasteiger partial charge < -0.3 is 15.4 Å². The first-order chi connectivity index (χ1) is 14.1. The number of hydrogen-bond acceptors (Lipinski definition) is 4. The first-order valence-electron chi connectivity index (χ1n) is 9.89. The number of nitrogens with zero attached hydrogens (tertiary/aromatic N) is 1. The molecule has 1 fully saturated rings. The van der Waals surface area contributed by atoms with Gasteiger partial charge in [-0.15, -0.1) is 0 Å². The molecular formula is C22H24ClN3O3. The second-order valence-corrected chi connectivity index (χ2v) is 7.97. The number of amides is 2. The Kier molecular flexibility index (Phi) is 6.02. The van der Waals surface area contributed by atoms with Crippen molar-refractivity contribution < 1.29 is 14.3 Å². The normalized spacial score (nSPS) is 19.3. The molecule has 4 rings (SSSR count). The monoisotopic (exact) mass is 413 g/mol. The summed E-state index contributed by atoms with van der Waals surface area (Å²) in [7, 11) is 0. The summed E-state index contributed by atoms with van der Waals surface area (Å²) in [5, 5.41) is 6.66. The van der Waals surface area contributed by atoms with Crippen LogP contribution in [0.5, 0.6) is 5.75 Å². The zero-order valence-corrected chi connectivity index (χ0v) is 16.8. The molecule has 2 aliphatic heterocycles. The number of halogens is 1. The molecule has 0 spiro atoms. The van der Waals surface area contributed by atoms with E-state index >= 15 is 0 Å². The Morgan fingerprint density at radius 3 is 2.62 bits per heavy atom. The molecule has 7 heteroatoms. The van der Waals surface area contributed by atoms with Crippen LogP contribution in [0.4, 0.5) is 5.69 Å². The number of fused-ring (bicyclic) bond motifs is 1. The number of benzene rings is 2. The number of nitrogens with one attached hydrogen (secondary N) is 2. The van der Waals surface area contributed by atoms with Gasteiger partial charge in [-0.2, -0.15) is 0 Å². The summed E-state index contributed by atoms with van der Waals surface area (Å²) < 4.78 is 5.76. The van der Waals surface area contributed by atoms with Gasteiger partial charge in [0.15, 0.2) is 6.10 Å². The third-order valence-electron chi connectivity index (χ3n) is 5.35. The molecule has 0 bridgehead atoms. The molecule has 29 heavy (non-hydrogen) atoms. The Morgan fingerprint density at radius 2 is 1.86 bits per heavy atom. The summed E-state index contributed by atoms with van der Waals surface area (Å²) in [6.07, 6.45) is 1.67. The second-order valence-electron chi connectivity index (χ2n) is 7.54. The topological polar surface area (TPSA) is 70.7 Å². The molecule has 2 aliphatic rings. The number of carbonyl (C=O) groups is 2. The van der Waals surface area contributed by atoms with E-state index in [4.69, 9.17) is 16.3 Å². The smallest absolute Gasteiger partial charge is 0.261 e. The van der Waals surface area contributed by atoms with Gasteiger partial charge in [0.25, 0.3) is 5.91 Å². The van der Waals surface area contributed by atoms with E-state index in [2.05, 4.69) is 15.5 Å². The first kappa shape index (κ1) is 19.7. The zero-order chi connectivity index (χ0) is 20.2. The van der Waals surface area contributed by atoms with E-state index in [1.54, 1.807) is 6.07 Å². The average Bonchev–Trinajstić information content (AvgIpc) is 3.13. The van der Waals surface area contributed by atoms with E-state index in [9.17, 15) is 9.59 Å². The number of likely N-dealkylation sites (tertiary alicyclic amines) is 1. The molecule has 0 aromatic heterocycles. The highest BCUT2D eigenvalue weighted by atomic mass is 35.5. The van der Waals surface area contributed by atoms with Crippen LogP contribution in [0.25, 0.3) is 0 Å². The van der Waals surface area contributed by atoms with Crippen LogP contribution in [-0.4, -0.2) is 48.5 Å². The van der Waals surface area contributed by atoms with Gasteiger partial charge in [-0.1, -0.05) is 29.8 Å². The zero-order valence-electron chi connectivity index (χ0n) is 16.1. The number of ether oxygens (including phenoxy) is 1. The summed E-state index contributed by atoms with van der Waals surface area (Å²) in [5.74, 6) is 0.626. The van der Waals surface area contributed by atoms with E-state index in [1.807, 2.05) is 42.5 Å². The van der Waals surface area contributed by atoms with Gasteiger partial charge in [0.1, 0.15) is 5.75 Å². The standard InChI is InChI=1S/C22H24ClN3O3/c23-16-6-7-19-15(12-16)13-20(29-19)22(28)25-18-8-10-26(11-9-18)14-21(27)24-17-4-2-1-3-5-17/h1-7,12,18,20H,8-11,13-14H2,(H,24,27)(H,25,28). The van der Waals surface area contributed by atoms with Gasteiger partial charge >= 0.3 is 0 Å². The van der Waals surface area contributed by atoms with Gasteiger partial charge in [-0.05, 0) is 48.7 Å². The molecular weight excluding hydrogens is 390 g/mol. The lowest BCUT2D eigenvalue weighted by molar-refractivity contribution is -0.128. The van der Waals surface area contributed by atoms with Crippen molar-refractivity contribution in [3.63, 3.8) is 0 Å². The van der Waals surface area contributed by atoms with Crippen LogP contribution in [0.3, 0.4) is 0 Å². The molecule has 1 atom stereocenters. The Hall–Kier alpha value is -2.57. The number of anilines is 1. The maximum Gasteiger partial charge on any atom is 0.261 e. The summed E-state index contributed by atoms with van der Waals surface area (Å²) in [4.78, 5) is 26.9. The summed E-state index contributed by atoms with van der Waals surface area (Å²) >= 11 is 6.01. The fraction of sp³-hybridized carbons (Fsp3) is 0.364. The maximum absolute atomic E-state index is 12.6. The molecule has 152 valence electrons. The number of para-hydroxylation sites is 1. The van der Waals surface area contributed by atoms with E-state index in [1.165, 1.54) is 0 Å². The Balaban J connectivity index is 1.20. The minimum absolute atomic E-state index is 0.0190. The van der Waals surface area contributed by atoms with Crippen LogP contribution in [0.2, 0.25) is 5.02 Å². The summed E-state index contributed by atoms with van der Waals surface area (Å²) in [5.41, 5.74) is 1.77. The highest BCUT2D eigenvalue weighted by Crippen LogP contribution is 2.31. The minimum Gasteiger partial charge on any atom is -0.480 e. The molecule has 2 amide bonds. The van der Waals surface area contributed by atoms with Gasteiger partial charge in [0.05, 0.1) is 6.54 Å².